The van der Waals surface area contributed by atoms with Gasteiger partial charge in [0.05, 0.1) is 4.90 Å². The SMILES string of the molecule is CN(C1CC1)S(=O)(=O)c1ccc(NC(=O)NCCCC(=O)O)cc1. The fraction of sp³-hybridized carbons (Fsp3) is 0.467. The van der Waals surface area contributed by atoms with Crippen molar-refractivity contribution in [3.05, 3.63) is 24.3 Å². The average Bonchev–Trinajstić information content (AvgIpc) is 3.36. The molecule has 1 aliphatic rings. The van der Waals surface area contributed by atoms with E-state index in [0.717, 1.165) is 12.8 Å². The fourth-order valence-electron chi connectivity index (χ4n) is 2.13. The van der Waals surface area contributed by atoms with Crippen molar-refractivity contribution >= 4 is 27.7 Å². The Bertz CT molecular complexity index is 698. The van der Waals surface area contributed by atoms with Crippen molar-refractivity contribution in [2.75, 3.05) is 18.9 Å². The van der Waals surface area contributed by atoms with Gasteiger partial charge in [-0.1, -0.05) is 0 Å². The molecule has 0 spiro atoms. The van der Waals surface area contributed by atoms with Crippen molar-refractivity contribution in [2.24, 2.45) is 0 Å². The number of nitrogens with zero attached hydrogens (tertiary/aromatic N) is 1. The number of anilines is 1. The number of urea groups is 1. The van der Waals surface area contributed by atoms with E-state index in [1.165, 1.54) is 28.6 Å². The van der Waals surface area contributed by atoms with Gasteiger partial charge in [-0.25, -0.2) is 13.2 Å². The molecule has 132 valence electrons. The van der Waals surface area contributed by atoms with E-state index in [2.05, 4.69) is 10.6 Å². The summed E-state index contributed by atoms with van der Waals surface area (Å²) in [6.07, 6.45) is 2.10. The first-order valence-electron chi connectivity index (χ1n) is 7.65. The summed E-state index contributed by atoms with van der Waals surface area (Å²) in [5, 5.41) is 13.6. The van der Waals surface area contributed by atoms with E-state index in [1.807, 2.05) is 0 Å². The quantitative estimate of drug-likeness (QED) is 0.611. The molecule has 2 amide bonds. The smallest absolute Gasteiger partial charge is 0.319 e. The molecule has 0 radical (unpaired) electrons. The predicted molar refractivity (Wildman–Crippen MR) is 88.3 cm³/mol. The van der Waals surface area contributed by atoms with Crippen LogP contribution in [0.4, 0.5) is 10.5 Å². The zero-order chi connectivity index (χ0) is 17.7. The second kappa shape index (κ2) is 7.63. The molecule has 3 N–H and O–H groups in total. The topological polar surface area (TPSA) is 116 Å². The van der Waals surface area contributed by atoms with Crippen LogP contribution in [0.5, 0.6) is 0 Å². The number of carbonyl (C=O) groups excluding carboxylic acids is 1. The van der Waals surface area contributed by atoms with Gasteiger partial charge in [0.2, 0.25) is 10.0 Å². The van der Waals surface area contributed by atoms with Gasteiger partial charge in [-0.2, -0.15) is 4.31 Å². The minimum absolute atomic E-state index is 0.0126. The molecule has 0 aliphatic heterocycles. The van der Waals surface area contributed by atoms with Crippen molar-refractivity contribution in [3.63, 3.8) is 0 Å². The molecule has 0 bridgehead atoms. The van der Waals surface area contributed by atoms with Crippen LogP contribution in [0.1, 0.15) is 25.7 Å². The highest BCUT2D eigenvalue weighted by atomic mass is 32.2. The van der Waals surface area contributed by atoms with Crippen molar-refractivity contribution in [1.29, 1.82) is 0 Å². The number of carbonyl (C=O) groups is 2. The average molecular weight is 355 g/mol. The predicted octanol–water partition coefficient (Wildman–Crippen LogP) is 1.46. The molecule has 0 atom stereocenters. The van der Waals surface area contributed by atoms with E-state index in [9.17, 15) is 18.0 Å². The Morgan fingerprint density at radius 3 is 2.42 bits per heavy atom. The van der Waals surface area contributed by atoms with E-state index in [0.29, 0.717) is 12.1 Å². The van der Waals surface area contributed by atoms with Gasteiger partial charge in [0.25, 0.3) is 0 Å². The van der Waals surface area contributed by atoms with Crippen LogP contribution in [-0.4, -0.2) is 49.5 Å². The summed E-state index contributed by atoms with van der Waals surface area (Å²) < 4.78 is 26.1. The number of benzene rings is 1. The van der Waals surface area contributed by atoms with Crippen LogP contribution < -0.4 is 10.6 Å². The van der Waals surface area contributed by atoms with Gasteiger partial charge in [0, 0.05) is 31.7 Å². The summed E-state index contributed by atoms with van der Waals surface area (Å²) in [6, 6.07) is 5.56. The van der Waals surface area contributed by atoms with Crippen LogP contribution in [-0.2, 0) is 14.8 Å². The third kappa shape index (κ3) is 4.93. The van der Waals surface area contributed by atoms with Gasteiger partial charge in [-0.3, -0.25) is 4.79 Å². The Morgan fingerprint density at radius 2 is 1.88 bits per heavy atom. The Morgan fingerprint density at radius 1 is 1.25 bits per heavy atom. The maximum atomic E-state index is 12.4. The first-order chi connectivity index (χ1) is 11.3. The van der Waals surface area contributed by atoms with Gasteiger partial charge in [-0.15, -0.1) is 0 Å². The molecule has 24 heavy (non-hydrogen) atoms. The molecule has 0 aromatic heterocycles. The summed E-state index contributed by atoms with van der Waals surface area (Å²) in [5.74, 6) is -0.912. The largest absolute Gasteiger partial charge is 0.481 e. The third-order valence-corrected chi connectivity index (χ3v) is 5.63. The molecule has 9 heteroatoms. The fourth-order valence-corrected chi connectivity index (χ4v) is 3.54. The number of hydrogen-bond acceptors (Lipinski definition) is 4. The first-order valence-corrected chi connectivity index (χ1v) is 9.09. The van der Waals surface area contributed by atoms with Gasteiger partial charge >= 0.3 is 12.0 Å². The lowest BCUT2D eigenvalue weighted by molar-refractivity contribution is -0.137. The summed E-state index contributed by atoms with van der Waals surface area (Å²) in [6.45, 7) is 0.247. The van der Waals surface area contributed by atoms with E-state index in [-0.39, 0.29) is 23.9 Å². The molecule has 0 saturated heterocycles. The van der Waals surface area contributed by atoms with Crippen molar-refractivity contribution in [3.8, 4) is 0 Å². The number of carboxylic acids is 1. The Hall–Kier alpha value is -2.13. The Balaban J connectivity index is 1.87. The van der Waals surface area contributed by atoms with E-state index in [4.69, 9.17) is 5.11 Å². The van der Waals surface area contributed by atoms with Gasteiger partial charge < -0.3 is 15.7 Å². The maximum absolute atomic E-state index is 12.4. The van der Waals surface area contributed by atoms with Crippen molar-refractivity contribution in [2.45, 2.75) is 36.6 Å². The zero-order valence-electron chi connectivity index (χ0n) is 13.4. The number of amides is 2. The number of carboxylic acid groups (broad SMARTS) is 1. The number of hydrogen-bond donors (Lipinski definition) is 3. The number of rotatable bonds is 8. The first kappa shape index (κ1) is 18.2. The van der Waals surface area contributed by atoms with Crippen LogP contribution in [0, 0.1) is 0 Å². The van der Waals surface area contributed by atoms with Gasteiger partial charge in [0.1, 0.15) is 0 Å². The standard InChI is InChI=1S/C15H21N3O5S/c1-18(12-6-7-12)24(22,23)13-8-4-11(5-9-13)17-15(21)16-10-2-3-14(19)20/h4-5,8-9,12H,2-3,6-7,10H2,1H3,(H,19,20)(H2,16,17,21). The number of sulfonamides is 1. The molecule has 1 aromatic carbocycles. The molecule has 1 saturated carbocycles. The monoisotopic (exact) mass is 355 g/mol. The zero-order valence-corrected chi connectivity index (χ0v) is 14.2. The third-order valence-electron chi connectivity index (χ3n) is 3.70. The second-order valence-corrected chi connectivity index (χ2v) is 7.65. The highest BCUT2D eigenvalue weighted by Gasteiger charge is 2.34. The normalized spacial score (nSPS) is 14.4. The van der Waals surface area contributed by atoms with Crippen LogP contribution in [0.25, 0.3) is 0 Å². The summed E-state index contributed by atoms with van der Waals surface area (Å²) in [4.78, 5) is 22.2. The summed E-state index contributed by atoms with van der Waals surface area (Å²) >= 11 is 0. The van der Waals surface area contributed by atoms with Crippen LogP contribution in [0.3, 0.4) is 0 Å². The summed E-state index contributed by atoms with van der Waals surface area (Å²) in [5.41, 5.74) is 0.457. The number of nitrogens with one attached hydrogen (secondary N) is 2. The van der Waals surface area contributed by atoms with E-state index < -0.39 is 22.0 Å². The molecule has 1 aromatic rings. The highest BCUT2D eigenvalue weighted by Crippen LogP contribution is 2.30. The highest BCUT2D eigenvalue weighted by molar-refractivity contribution is 7.89. The van der Waals surface area contributed by atoms with Gasteiger partial charge in [-0.05, 0) is 43.5 Å². The van der Waals surface area contributed by atoms with Crippen molar-refractivity contribution < 1.29 is 23.1 Å². The van der Waals surface area contributed by atoms with Gasteiger partial charge in [0.15, 0.2) is 0 Å². The molecule has 1 aliphatic carbocycles. The molecule has 0 unspecified atom stereocenters. The molecule has 2 rings (SSSR count). The molecule has 0 heterocycles. The van der Waals surface area contributed by atoms with Crippen LogP contribution in [0.15, 0.2) is 29.2 Å². The van der Waals surface area contributed by atoms with Crippen molar-refractivity contribution in [1.82, 2.24) is 9.62 Å². The number of aliphatic carboxylic acids is 1. The van der Waals surface area contributed by atoms with E-state index >= 15 is 0 Å². The lowest BCUT2D eigenvalue weighted by atomic mass is 10.3. The van der Waals surface area contributed by atoms with Crippen LogP contribution in [0.2, 0.25) is 0 Å². The lowest BCUT2D eigenvalue weighted by Crippen LogP contribution is -2.30. The minimum atomic E-state index is -3.50. The maximum Gasteiger partial charge on any atom is 0.319 e. The molecule has 8 nitrogen and oxygen atoms in total. The van der Waals surface area contributed by atoms with Crippen LogP contribution >= 0.6 is 0 Å². The Labute approximate surface area is 140 Å². The lowest BCUT2D eigenvalue weighted by Gasteiger charge is -2.16. The van der Waals surface area contributed by atoms with E-state index in [1.54, 1.807) is 7.05 Å². The second-order valence-electron chi connectivity index (χ2n) is 5.65. The molecular weight excluding hydrogens is 334 g/mol. The molecule has 1 fully saturated rings. The minimum Gasteiger partial charge on any atom is -0.481 e. The molecular formula is C15H21N3O5S. The summed E-state index contributed by atoms with van der Waals surface area (Å²) in [7, 11) is -1.92. The Kier molecular flexibility index (Phi) is 5.79.